The highest BCUT2D eigenvalue weighted by Crippen LogP contribution is 2.43. The predicted octanol–water partition coefficient (Wildman–Crippen LogP) is 4.78. The molecule has 0 saturated carbocycles. The number of rotatable bonds is 5. The van der Waals surface area contributed by atoms with E-state index in [-0.39, 0.29) is 39.8 Å². The highest BCUT2D eigenvalue weighted by atomic mass is 19.1. The van der Waals surface area contributed by atoms with Crippen LogP contribution in [0.3, 0.4) is 0 Å². The van der Waals surface area contributed by atoms with Gasteiger partial charge in [-0.05, 0) is 80.6 Å². The molecule has 2 aromatic heterocycles. The first-order valence-electron chi connectivity index (χ1n) is 15.9. The van der Waals surface area contributed by atoms with E-state index in [0.29, 0.717) is 65.8 Å². The lowest BCUT2D eigenvalue weighted by Gasteiger charge is -2.39. The molecule has 0 atom stereocenters. The zero-order valence-corrected chi connectivity index (χ0v) is 25.1. The lowest BCUT2D eigenvalue weighted by molar-refractivity contribution is -0.119. The van der Waals surface area contributed by atoms with E-state index >= 15 is 4.39 Å². The Bertz CT molecular complexity index is 1890. The Morgan fingerprint density at radius 1 is 1.09 bits per heavy atom. The minimum absolute atomic E-state index is 0.0144. The molecule has 1 spiro atoms. The number of aromatic nitrogens is 3. The van der Waals surface area contributed by atoms with Gasteiger partial charge in [0.15, 0.2) is 5.82 Å². The average Bonchev–Trinajstić information content (AvgIpc) is 3.74. The first-order chi connectivity index (χ1) is 21.9. The second-order valence-corrected chi connectivity index (χ2v) is 13.2. The third-order valence-electron chi connectivity index (χ3n) is 10.6. The van der Waals surface area contributed by atoms with E-state index in [1.165, 1.54) is 6.07 Å². The zero-order valence-electron chi connectivity index (χ0n) is 25.1. The maximum Gasteiger partial charge on any atom is 0.319 e. The van der Waals surface area contributed by atoms with Crippen molar-refractivity contribution in [3.05, 3.63) is 47.9 Å². The summed E-state index contributed by atoms with van der Waals surface area (Å²) in [4.78, 5) is 30.8. The number of carbonyl (C=O) groups is 1. The number of pyridine rings is 1. The molecule has 230 valence electrons. The van der Waals surface area contributed by atoms with Crippen LogP contribution in [0.5, 0.6) is 11.8 Å². The standard InChI is InChI=1S/C35H35FN6O3/c1-2-22-6-3-7-23-16-24(43)17-25(28(22)23)30-29(36)31-26(19-37-30)32(41-14-10-34(11-15-41)18-27(44)38-20-34)40-33(39-31)45-21-35-8-4-12-42(35)13-5-9-35/h1,3,6-7,16-17,19,43H,4-5,8-15,18,20-21H2,(H,38,44). The summed E-state index contributed by atoms with van der Waals surface area (Å²) < 4.78 is 23.2. The van der Waals surface area contributed by atoms with Crippen molar-refractivity contribution in [1.29, 1.82) is 0 Å². The third kappa shape index (κ3) is 4.64. The number of carbonyl (C=O) groups excluding carboxylic acids is 1. The van der Waals surface area contributed by atoms with Crippen LogP contribution in [0.25, 0.3) is 32.9 Å². The van der Waals surface area contributed by atoms with Crippen LogP contribution in [-0.4, -0.2) is 75.7 Å². The highest BCUT2D eigenvalue weighted by Gasteiger charge is 2.45. The molecule has 8 rings (SSSR count). The molecule has 0 radical (unpaired) electrons. The largest absolute Gasteiger partial charge is 0.508 e. The van der Waals surface area contributed by atoms with Crippen molar-refractivity contribution in [2.75, 3.05) is 44.2 Å². The summed E-state index contributed by atoms with van der Waals surface area (Å²) in [6, 6.07) is 8.67. The molecule has 4 aliphatic rings. The van der Waals surface area contributed by atoms with Crippen molar-refractivity contribution in [3.63, 3.8) is 0 Å². The van der Waals surface area contributed by atoms with E-state index in [1.54, 1.807) is 18.3 Å². The van der Waals surface area contributed by atoms with E-state index < -0.39 is 5.82 Å². The molecule has 2 N–H and O–H groups in total. The molecule has 45 heavy (non-hydrogen) atoms. The Balaban J connectivity index is 1.23. The molecule has 9 nitrogen and oxygen atoms in total. The minimum Gasteiger partial charge on any atom is -0.508 e. The summed E-state index contributed by atoms with van der Waals surface area (Å²) in [5.41, 5.74) is 1.06. The molecule has 4 aliphatic heterocycles. The molecule has 6 heterocycles. The molecule has 4 saturated heterocycles. The maximum absolute atomic E-state index is 16.8. The Morgan fingerprint density at radius 3 is 2.62 bits per heavy atom. The number of anilines is 1. The summed E-state index contributed by atoms with van der Waals surface area (Å²) in [5, 5.41) is 15.4. The van der Waals surface area contributed by atoms with E-state index in [9.17, 15) is 9.90 Å². The van der Waals surface area contributed by atoms with Crippen molar-refractivity contribution in [1.82, 2.24) is 25.2 Å². The number of hydrogen-bond acceptors (Lipinski definition) is 8. The van der Waals surface area contributed by atoms with Gasteiger partial charge in [-0.25, -0.2) is 4.39 Å². The SMILES string of the molecule is C#Cc1cccc2cc(O)cc(-c3ncc4c(N5CCC6(CC5)CNC(=O)C6)nc(OCC56CCCN5CCC6)nc4c3F)c12. The molecule has 2 aromatic carbocycles. The number of phenolic OH excluding ortho intramolecular Hbond substituents is 1. The summed E-state index contributed by atoms with van der Waals surface area (Å²) in [7, 11) is 0. The van der Waals surface area contributed by atoms with E-state index in [4.69, 9.17) is 16.1 Å². The fourth-order valence-corrected chi connectivity index (χ4v) is 8.19. The van der Waals surface area contributed by atoms with Gasteiger partial charge in [-0.15, -0.1) is 6.42 Å². The molecule has 0 unspecified atom stereocenters. The van der Waals surface area contributed by atoms with Crippen molar-refractivity contribution in [2.45, 2.75) is 50.5 Å². The number of terminal acetylenes is 1. The number of ether oxygens (including phenoxy) is 1. The quantitative estimate of drug-likeness (QED) is 0.313. The second kappa shape index (κ2) is 10.6. The van der Waals surface area contributed by atoms with Crippen LogP contribution in [-0.2, 0) is 4.79 Å². The average molecular weight is 607 g/mol. The molecule has 0 bridgehead atoms. The normalized spacial score (nSPS) is 20.5. The van der Waals surface area contributed by atoms with Crippen LogP contribution in [0.1, 0.15) is 50.5 Å². The van der Waals surface area contributed by atoms with Crippen LogP contribution in [0, 0.1) is 23.6 Å². The Hall–Kier alpha value is -4.49. The van der Waals surface area contributed by atoms with Crippen LogP contribution >= 0.6 is 0 Å². The van der Waals surface area contributed by atoms with Crippen molar-refractivity contribution in [3.8, 4) is 35.4 Å². The first kappa shape index (κ1) is 28.0. The fourth-order valence-electron chi connectivity index (χ4n) is 8.19. The van der Waals surface area contributed by atoms with Crippen molar-refractivity contribution in [2.24, 2.45) is 5.41 Å². The van der Waals surface area contributed by atoms with Gasteiger partial charge in [-0.2, -0.15) is 9.97 Å². The van der Waals surface area contributed by atoms with Gasteiger partial charge in [0, 0.05) is 48.8 Å². The number of fused-ring (bicyclic) bond motifs is 3. The van der Waals surface area contributed by atoms with Crippen molar-refractivity contribution >= 4 is 33.4 Å². The lowest BCUT2D eigenvalue weighted by Crippen LogP contribution is -2.43. The number of piperidine rings is 1. The Morgan fingerprint density at radius 2 is 1.89 bits per heavy atom. The summed E-state index contributed by atoms with van der Waals surface area (Å²) in [6.45, 7) is 4.63. The van der Waals surface area contributed by atoms with Crippen LogP contribution < -0.4 is 15.0 Å². The number of amides is 1. The second-order valence-electron chi connectivity index (χ2n) is 13.2. The van der Waals surface area contributed by atoms with Gasteiger partial charge in [0.1, 0.15) is 29.4 Å². The number of phenols is 1. The Kier molecular flexibility index (Phi) is 6.57. The third-order valence-corrected chi connectivity index (χ3v) is 10.6. The highest BCUT2D eigenvalue weighted by molar-refractivity contribution is 6.02. The van der Waals surface area contributed by atoms with Crippen LogP contribution in [0.15, 0.2) is 36.5 Å². The molecule has 0 aliphatic carbocycles. The van der Waals surface area contributed by atoms with Gasteiger partial charge in [0.25, 0.3) is 0 Å². The number of aromatic hydroxyl groups is 1. The van der Waals surface area contributed by atoms with Gasteiger partial charge in [-0.1, -0.05) is 18.1 Å². The van der Waals surface area contributed by atoms with Gasteiger partial charge in [0.05, 0.1) is 10.9 Å². The molecule has 1 amide bonds. The topological polar surface area (TPSA) is 104 Å². The number of benzene rings is 2. The summed E-state index contributed by atoms with van der Waals surface area (Å²) in [5.74, 6) is 2.73. The van der Waals surface area contributed by atoms with Crippen molar-refractivity contribution < 1.29 is 19.0 Å². The summed E-state index contributed by atoms with van der Waals surface area (Å²) in [6.07, 6.45) is 14.0. The molecular formula is C35H35FN6O3. The fraction of sp³-hybridized carbons (Fsp3) is 0.429. The first-order valence-corrected chi connectivity index (χ1v) is 15.9. The van der Waals surface area contributed by atoms with Gasteiger partial charge < -0.3 is 20.1 Å². The monoisotopic (exact) mass is 606 g/mol. The van der Waals surface area contributed by atoms with E-state index in [1.807, 2.05) is 12.1 Å². The van der Waals surface area contributed by atoms with Gasteiger partial charge >= 0.3 is 6.01 Å². The number of hydrogen-bond donors (Lipinski definition) is 2. The van der Waals surface area contributed by atoms with E-state index in [0.717, 1.165) is 51.6 Å². The van der Waals surface area contributed by atoms with Gasteiger partial charge in [0.2, 0.25) is 5.91 Å². The lowest BCUT2D eigenvalue weighted by atomic mass is 9.77. The smallest absolute Gasteiger partial charge is 0.319 e. The van der Waals surface area contributed by atoms with Gasteiger partial charge in [-0.3, -0.25) is 14.7 Å². The number of halogens is 1. The Labute approximate surface area is 260 Å². The molecule has 4 fully saturated rings. The molecular weight excluding hydrogens is 571 g/mol. The van der Waals surface area contributed by atoms with Crippen LogP contribution in [0.4, 0.5) is 10.2 Å². The van der Waals surface area contributed by atoms with Crippen LogP contribution in [0.2, 0.25) is 0 Å². The van der Waals surface area contributed by atoms with E-state index in [2.05, 4.69) is 31.0 Å². The minimum atomic E-state index is -0.625. The summed E-state index contributed by atoms with van der Waals surface area (Å²) >= 11 is 0. The number of nitrogens with zero attached hydrogens (tertiary/aromatic N) is 5. The molecule has 10 heteroatoms. The zero-order chi connectivity index (χ0) is 30.8. The predicted molar refractivity (Wildman–Crippen MR) is 170 cm³/mol. The molecule has 4 aromatic rings. The number of nitrogens with one attached hydrogen (secondary N) is 1. The maximum atomic E-state index is 16.8.